The number of amides is 1. The Morgan fingerprint density at radius 2 is 1.74 bits per heavy atom. The van der Waals surface area contributed by atoms with Gasteiger partial charge < -0.3 is 24.8 Å². The van der Waals surface area contributed by atoms with Gasteiger partial charge in [0.2, 0.25) is 0 Å². The lowest BCUT2D eigenvalue weighted by molar-refractivity contribution is -0.166. The van der Waals surface area contributed by atoms with Gasteiger partial charge >= 0.3 is 5.97 Å². The molecular weight excluding hydrogens is 480 g/mol. The highest BCUT2D eigenvalue weighted by Crippen LogP contribution is 2.49. The lowest BCUT2D eigenvalue weighted by atomic mass is 9.72. The highest BCUT2D eigenvalue weighted by Gasteiger charge is 2.59. The van der Waals surface area contributed by atoms with E-state index in [9.17, 15) is 14.7 Å². The van der Waals surface area contributed by atoms with Crippen LogP contribution < -0.4 is 10.1 Å². The largest absolute Gasteiger partial charge is 0.496 e. The summed E-state index contributed by atoms with van der Waals surface area (Å²) >= 11 is 0. The molecule has 0 bridgehead atoms. The molecule has 7 nitrogen and oxygen atoms in total. The first-order chi connectivity index (χ1) is 17.8. The van der Waals surface area contributed by atoms with Crippen molar-refractivity contribution in [3.8, 4) is 5.75 Å². The smallest absolute Gasteiger partial charge is 0.326 e. The van der Waals surface area contributed by atoms with Gasteiger partial charge in [-0.2, -0.15) is 0 Å². The van der Waals surface area contributed by atoms with Crippen molar-refractivity contribution in [1.82, 2.24) is 10.2 Å². The molecule has 38 heavy (non-hydrogen) atoms. The van der Waals surface area contributed by atoms with E-state index in [0.29, 0.717) is 19.6 Å². The van der Waals surface area contributed by atoms with E-state index >= 15 is 0 Å². The second-order valence-corrected chi connectivity index (χ2v) is 12.6. The van der Waals surface area contributed by atoms with Crippen molar-refractivity contribution < 1.29 is 24.2 Å². The number of benzene rings is 2. The van der Waals surface area contributed by atoms with Crippen LogP contribution in [0.25, 0.3) is 0 Å². The Kier molecular flexibility index (Phi) is 7.91. The molecule has 2 aliphatic rings. The third-order valence-electron chi connectivity index (χ3n) is 7.96. The third kappa shape index (κ3) is 5.45. The van der Waals surface area contributed by atoms with E-state index in [-0.39, 0.29) is 23.3 Å². The first kappa shape index (κ1) is 28.1. The van der Waals surface area contributed by atoms with Crippen LogP contribution in [0.15, 0.2) is 48.5 Å². The van der Waals surface area contributed by atoms with E-state index in [1.165, 1.54) is 5.56 Å². The molecule has 2 fully saturated rings. The molecule has 4 rings (SSSR count). The molecule has 0 radical (unpaired) electrons. The molecule has 2 aliphatic heterocycles. The molecule has 1 amide bonds. The summed E-state index contributed by atoms with van der Waals surface area (Å²) in [5.74, 6) is -0.817. The van der Waals surface area contributed by atoms with Gasteiger partial charge in [0.05, 0.1) is 19.8 Å². The van der Waals surface area contributed by atoms with Crippen LogP contribution in [0.3, 0.4) is 0 Å². The zero-order valence-corrected chi connectivity index (χ0v) is 23.7. The Labute approximate surface area is 226 Å². The molecule has 0 aromatic heterocycles. The summed E-state index contributed by atoms with van der Waals surface area (Å²) in [5, 5.41) is 14.3. The molecule has 206 valence electrons. The Bertz CT molecular complexity index is 1150. The van der Waals surface area contributed by atoms with Crippen LogP contribution in [0.1, 0.15) is 70.7 Å². The Morgan fingerprint density at radius 3 is 2.24 bits per heavy atom. The fourth-order valence-corrected chi connectivity index (χ4v) is 5.94. The van der Waals surface area contributed by atoms with Gasteiger partial charge in [0, 0.05) is 30.5 Å². The van der Waals surface area contributed by atoms with Gasteiger partial charge in [-0.1, -0.05) is 84.0 Å². The normalized spacial score (nSPS) is 25.7. The highest BCUT2D eigenvalue weighted by atomic mass is 16.5. The maximum absolute atomic E-state index is 13.8. The quantitative estimate of drug-likeness (QED) is 0.536. The number of hydrogen-bond acceptors (Lipinski definition) is 5. The lowest BCUT2D eigenvalue weighted by Gasteiger charge is -2.37. The number of hydrogen-bond donors (Lipinski definition) is 2. The van der Waals surface area contributed by atoms with Gasteiger partial charge in [-0.25, -0.2) is 4.79 Å². The zero-order chi connectivity index (χ0) is 27.8. The summed E-state index contributed by atoms with van der Waals surface area (Å²) in [5.41, 5.74) is 2.66. The number of aliphatic carboxylic acids is 1. The maximum atomic E-state index is 13.8. The summed E-state index contributed by atoms with van der Waals surface area (Å²) in [7, 11) is 1.66. The van der Waals surface area contributed by atoms with E-state index in [2.05, 4.69) is 59.0 Å². The number of rotatable bonds is 7. The fraction of sp³-hybridized carbons (Fsp3) is 0.548. The molecule has 0 spiro atoms. The average molecular weight is 523 g/mol. The third-order valence-corrected chi connectivity index (χ3v) is 7.96. The molecule has 0 aliphatic carbocycles. The van der Waals surface area contributed by atoms with Gasteiger partial charge in [-0.05, 0) is 28.0 Å². The minimum atomic E-state index is -0.991. The maximum Gasteiger partial charge on any atom is 0.326 e. The Hall–Kier alpha value is -2.90. The average Bonchev–Trinajstić information content (AvgIpc) is 3.17. The highest BCUT2D eigenvalue weighted by molar-refractivity contribution is 5.88. The van der Waals surface area contributed by atoms with Crippen molar-refractivity contribution in [3.63, 3.8) is 0 Å². The molecule has 2 N–H and O–H groups in total. The van der Waals surface area contributed by atoms with Gasteiger partial charge in [-0.15, -0.1) is 0 Å². The number of carbonyl (C=O) groups is 2. The number of nitrogens with zero attached hydrogens (tertiary/aromatic N) is 1. The van der Waals surface area contributed by atoms with E-state index in [1.54, 1.807) is 12.0 Å². The molecule has 2 saturated heterocycles. The summed E-state index contributed by atoms with van der Waals surface area (Å²) in [6, 6.07) is 14.2. The Balaban J connectivity index is 1.80. The zero-order valence-electron chi connectivity index (χ0n) is 23.7. The first-order valence-electron chi connectivity index (χ1n) is 13.5. The number of carbonyl (C=O) groups excluding carboxylic acids is 1. The van der Waals surface area contributed by atoms with Crippen molar-refractivity contribution >= 4 is 11.9 Å². The number of carboxylic acids is 1. The van der Waals surface area contributed by atoms with Crippen LogP contribution in [0.4, 0.5) is 0 Å². The van der Waals surface area contributed by atoms with Crippen LogP contribution in [-0.4, -0.2) is 53.8 Å². The van der Waals surface area contributed by atoms with Gasteiger partial charge in [0.15, 0.2) is 0 Å². The Morgan fingerprint density at radius 1 is 1.08 bits per heavy atom. The molecule has 0 saturated carbocycles. The molecule has 1 unspecified atom stereocenters. The van der Waals surface area contributed by atoms with Crippen molar-refractivity contribution in [2.24, 2.45) is 11.3 Å². The van der Waals surface area contributed by atoms with E-state index in [4.69, 9.17) is 9.47 Å². The van der Waals surface area contributed by atoms with Crippen LogP contribution in [0.2, 0.25) is 0 Å². The molecule has 7 heteroatoms. The second-order valence-electron chi connectivity index (χ2n) is 12.6. The molecule has 5 atom stereocenters. The van der Waals surface area contributed by atoms with E-state index in [0.717, 1.165) is 16.9 Å². The van der Waals surface area contributed by atoms with Crippen molar-refractivity contribution in [3.05, 3.63) is 65.2 Å². The summed E-state index contributed by atoms with van der Waals surface area (Å²) < 4.78 is 11.2. The monoisotopic (exact) mass is 522 g/mol. The number of ether oxygens (including phenoxy) is 2. The second kappa shape index (κ2) is 10.7. The SMILES string of the molecule is COc1ccc(C(C)(C)C)cc1CN[C@H]1[C@H](C(C)(C)C)[C@@H](C(=O)O)N(C(=O)C2CCO2)[C@H]1c1ccccc1. The number of carboxylic acid groups (broad SMARTS) is 1. The van der Waals surface area contributed by atoms with Crippen LogP contribution >= 0.6 is 0 Å². The number of likely N-dealkylation sites (tertiary alicyclic amines) is 1. The predicted molar refractivity (Wildman–Crippen MR) is 147 cm³/mol. The molecule has 2 aromatic carbocycles. The van der Waals surface area contributed by atoms with E-state index in [1.807, 2.05) is 36.4 Å². The van der Waals surface area contributed by atoms with Gasteiger partial charge in [0.25, 0.3) is 5.91 Å². The molecule has 2 heterocycles. The summed E-state index contributed by atoms with van der Waals surface area (Å²) in [6.45, 7) is 13.7. The van der Waals surface area contributed by atoms with Gasteiger partial charge in [-0.3, -0.25) is 4.79 Å². The minimum Gasteiger partial charge on any atom is -0.496 e. The fourth-order valence-electron chi connectivity index (χ4n) is 5.94. The lowest BCUT2D eigenvalue weighted by Crippen LogP contribution is -2.52. The number of nitrogens with one attached hydrogen (secondary N) is 1. The van der Waals surface area contributed by atoms with Crippen LogP contribution in [0.5, 0.6) is 5.75 Å². The van der Waals surface area contributed by atoms with Gasteiger partial charge in [0.1, 0.15) is 17.9 Å². The minimum absolute atomic E-state index is 0.0324. The topological polar surface area (TPSA) is 88.1 Å². The van der Waals surface area contributed by atoms with Crippen molar-refractivity contribution in [1.29, 1.82) is 0 Å². The summed E-state index contributed by atoms with van der Waals surface area (Å²) in [6.07, 6.45) is 0.0177. The summed E-state index contributed by atoms with van der Waals surface area (Å²) in [4.78, 5) is 28.2. The standard InChI is InChI=1S/C31H42N2O5/c1-30(2,3)21-13-14-22(37-7)20(17-21)18-32-25-24(31(4,5)6)27(29(35)36)33(28(34)23-15-16-38-23)26(25)19-11-9-8-10-12-19/h8-14,17,23-27,32H,15-16,18H2,1-7H3,(H,35,36)/t23?,24-,25-,26-,27-/m0/s1. The molecule has 2 aromatic rings. The first-order valence-corrected chi connectivity index (χ1v) is 13.5. The van der Waals surface area contributed by atoms with Crippen LogP contribution in [-0.2, 0) is 26.3 Å². The van der Waals surface area contributed by atoms with Crippen LogP contribution in [0, 0.1) is 11.3 Å². The number of methoxy groups -OCH3 is 1. The predicted octanol–water partition coefficient (Wildman–Crippen LogP) is 4.94. The van der Waals surface area contributed by atoms with Crippen molar-refractivity contribution in [2.45, 2.75) is 84.2 Å². The molecular formula is C31H42N2O5. The van der Waals surface area contributed by atoms with E-state index < -0.39 is 29.6 Å². The van der Waals surface area contributed by atoms with Crippen molar-refractivity contribution in [2.75, 3.05) is 13.7 Å².